The number of Topliss-reactive ketones (excluding diaryl/α,β-unsaturated/α-hetero) is 1. The van der Waals surface area contributed by atoms with Gasteiger partial charge in [-0.3, -0.25) is 4.79 Å². The molecule has 0 aromatic heterocycles. The van der Waals surface area contributed by atoms with Crippen LogP contribution in [0, 0.1) is 0 Å². The Hall–Kier alpha value is -0.835. The Kier molecular flexibility index (Phi) is 3.09. The molecule has 0 radical (unpaired) electrons. The second-order valence-electron chi connectivity index (χ2n) is 2.66. The fourth-order valence-corrected chi connectivity index (χ4v) is 1.25. The molecule has 1 aromatic rings. The van der Waals surface area contributed by atoms with Gasteiger partial charge >= 0.3 is 7.12 Å². The molecule has 5 heteroatoms. The van der Waals surface area contributed by atoms with E-state index in [-0.39, 0.29) is 16.8 Å². The average molecular weight is 198 g/mol. The quantitative estimate of drug-likeness (QED) is 0.528. The second kappa shape index (κ2) is 3.92. The number of hydrogen-bond acceptors (Lipinski definition) is 3. The van der Waals surface area contributed by atoms with Crippen molar-refractivity contribution in [2.45, 2.75) is 6.92 Å². The minimum absolute atomic E-state index is 0.139. The number of carbonyl (C=O) groups is 1. The Morgan fingerprint density at radius 3 is 2.54 bits per heavy atom. The van der Waals surface area contributed by atoms with E-state index in [2.05, 4.69) is 0 Å². The molecule has 68 valence electrons. The Bertz CT molecular complexity index is 338. The van der Waals surface area contributed by atoms with Crippen LogP contribution in [0.1, 0.15) is 17.3 Å². The van der Waals surface area contributed by atoms with Crippen molar-refractivity contribution in [3.63, 3.8) is 0 Å². The van der Waals surface area contributed by atoms with E-state index in [1.807, 2.05) is 0 Å². The first kappa shape index (κ1) is 10.2. The van der Waals surface area contributed by atoms with Crippen molar-refractivity contribution in [2.24, 2.45) is 0 Å². The van der Waals surface area contributed by atoms with Gasteiger partial charge in [0.05, 0.1) is 0 Å². The highest BCUT2D eigenvalue weighted by molar-refractivity contribution is 6.60. The maximum absolute atomic E-state index is 11.0. The molecule has 0 aliphatic carbocycles. The molecule has 2 N–H and O–H groups in total. The van der Waals surface area contributed by atoms with Crippen LogP contribution >= 0.6 is 11.6 Å². The summed E-state index contributed by atoms with van der Waals surface area (Å²) in [5.74, 6) is -0.222. The summed E-state index contributed by atoms with van der Waals surface area (Å²) in [5, 5.41) is 18.2. The molecule has 0 spiro atoms. The van der Waals surface area contributed by atoms with Crippen LogP contribution in [0.2, 0.25) is 5.02 Å². The third-order valence-corrected chi connectivity index (χ3v) is 1.91. The molecule has 0 aliphatic rings. The van der Waals surface area contributed by atoms with Gasteiger partial charge in [0.25, 0.3) is 0 Å². The first-order chi connectivity index (χ1) is 6.02. The summed E-state index contributed by atoms with van der Waals surface area (Å²) in [4.78, 5) is 11.0. The van der Waals surface area contributed by atoms with Gasteiger partial charge in [-0.2, -0.15) is 0 Å². The largest absolute Gasteiger partial charge is 0.489 e. The van der Waals surface area contributed by atoms with Crippen LogP contribution in [0.4, 0.5) is 0 Å². The van der Waals surface area contributed by atoms with E-state index in [1.54, 1.807) is 0 Å². The van der Waals surface area contributed by atoms with Gasteiger partial charge in [0, 0.05) is 10.6 Å². The molecule has 0 amide bonds. The summed E-state index contributed by atoms with van der Waals surface area (Å²) in [6, 6.07) is 4.37. The lowest BCUT2D eigenvalue weighted by molar-refractivity contribution is 0.101. The van der Waals surface area contributed by atoms with Crippen LogP contribution in [0.15, 0.2) is 18.2 Å². The fraction of sp³-hybridized carbons (Fsp3) is 0.125. The Balaban J connectivity index is 3.26. The van der Waals surface area contributed by atoms with Gasteiger partial charge in [0.15, 0.2) is 5.78 Å². The van der Waals surface area contributed by atoms with Crippen molar-refractivity contribution in [1.82, 2.24) is 0 Å². The van der Waals surface area contributed by atoms with E-state index in [0.29, 0.717) is 5.02 Å². The first-order valence-electron chi connectivity index (χ1n) is 3.69. The molecule has 1 rings (SSSR count). The summed E-state index contributed by atoms with van der Waals surface area (Å²) in [7, 11) is -1.67. The second-order valence-corrected chi connectivity index (χ2v) is 3.10. The van der Waals surface area contributed by atoms with Crippen LogP contribution in [0.5, 0.6) is 0 Å². The van der Waals surface area contributed by atoms with Crippen molar-refractivity contribution in [2.75, 3.05) is 0 Å². The lowest BCUT2D eigenvalue weighted by Gasteiger charge is -2.05. The molecule has 0 bridgehead atoms. The maximum atomic E-state index is 11.0. The molecule has 0 unspecified atom stereocenters. The summed E-state index contributed by atoms with van der Waals surface area (Å²) in [5.41, 5.74) is 0.416. The summed E-state index contributed by atoms with van der Waals surface area (Å²) in [6.45, 7) is 1.36. The fourth-order valence-electron chi connectivity index (χ4n) is 1.07. The van der Waals surface area contributed by atoms with E-state index in [0.717, 1.165) is 0 Å². The number of ketones is 1. The summed E-state index contributed by atoms with van der Waals surface area (Å²) in [6.07, 6.45) is 0. The summed E-state index contributed by atoms with van der Waals surface area (Å²) >= 11 is 5.63. The monoisotopic (exact) mass is 198 g/mol. The smallest absolute Gasteiger partial charge is 0.423 e. The third-order valence-electron chi connectivity index (χ3n) is 1.67. The van der Waals surface area contributed by atoms with E-state index in [9.17, 15) is 4.79 Å². The molecular weight excluding hydrogens is 190 g/mol. The van der Waals surface area contributed by atoms with Crippen molar-refractivity contribution in [3.8, 4) is 0 Å². The van der Waals surface area contributed by atoms with E-state index < -0.39 is 7.12 Å². The molecule has 0 saturated carbocycles. The zero-order valence-electron chi connectivity index (χ0n) is 6.99. The number of hydrogen-bond donors (Lipinski definition) is 2. The van der Waals surface area contributed by atoms with Crippen molar-refractivity contribution in [1.29, 1.82) is 0 Å². The van der Waals surface area contributed by atoms with Gasteiger partial charge < -0.3 is 10.0 Å². The van der Waals surface area contributed by atoms with Crippen molar-refractivity contribution < 1.29 is 14.8 Å². The Morgan fingerprint density at radius 2 is 2.08 bits per heavy atom. The Morgan fingerprint density at radius 1 is 1.46 bits per heavy atom. The van der Waals surface area contributed by atoms with Crippen molar-refractivity contribution in [3.05, 3.63) is 28.8 Å². The van der Waals surface area contributed by atoms with E-state index in [1.165, 1.54) is 25.1 Å². The lowest BCUT2D eigenvalue weighted by atomic mass is 9.76. The number of halogens is 1. The maximum Gasteiger partial charge on any atom is 0.489 e. The molecular formula is C8H8BClO3. The zero-order valence-corrected chi connectivity index (χ0v) is 7.75. The van der Waals surface area contributed by atoms with Crippen LogP contribution in [-0.2, 0) is 0 Å². The minimum Gasteiger partial charge on any atom is -0.423 e. The first-order valence-corrected chi connectivity index (χ1v) is 4.06. The molecule has 13 heavy (non-hydrogen) atoms. The standard InChI is InChI=1S/C8H8BClO3/c1-5(11)7-3-2-6(10)4-8(7)9(12)13/h2-4,12-13H,1H3. The van der Waals surface area contributed by atoms with Gasteiger partial charge in [-0.1, -0.05) is 17.7 Å². The lowest BCUT2D eigenvalue weighted by Crippen LogP contribution is -2.34. The van der Waals surface area contributed by atoms with Gasteiger partial charge in [0.2, 0.25) is 0 Å². The molecule has 1 aromatic carbocycles. The van der Waals surface area contributed by atoms with Gasteiger partial charge in [-0.15, -0.1) is 0 Å². The highest BCUT2D eigenvalue weighted by atomic mass is 35.5. The molecule has 0 heterocycles. The normalized spacial score (nSPS) is 9.85. The molecule has 0 aliphatic heterocycles. The molecule has 0 saturated heterocycles. The van der Waals surface area contributed by atoms with E-state index in [4.69, 9.17) is 21.6 Å². The van der Waals surface area contributed by atoms with Gasteiger partial charge in [0.1, 0.15) is 0 Å². The topological polar surface area (TPSA) is 57.5 Å². The highest BCUT2D eigenvalue weighted by Gasteiger charge is 2.18. The average Bonchev–Trinajstić information content (AvgIpc) is 2.03. The number of benzene rings is 1. The SMILES string of the molecule is CC(=O)c1ccc(Cl)cc1B(O)O. The predicted molar refractivity (Wildman–Crippen MR) is 51.3 cm³/mol. The third kappa shape index (κ3) is 2.31. The van der Waals surface area contributed by atoms with Crippen LogP contribution < -0.4 is 5.46 Å². The van der Waals surface area contributed by atoms with Crippen LogP contribution in [0.3, 0.4) is 0 Å². The predicted octanol–water partition coefficient (Wildman–Crippen LogP) is 0.222. The van der Waals surface area contributed by atoms with Crippen LogP contribution in [0.25, 0.3) is 0 Å². The van der Waals surface area contributed by atoms with Gasteiger partial charge in [-0.05, 0) is 24.5 Å². The molecule has 0 fully saturated rings. The molecule has 3 nitrogen and oxygen atoms in total. The van der Waals surface area contributed by atoms with Gasteiger partial charge in [-0.25, -0.2) is 0 Å². The minimum atomic E-state index is -1.67. The number of carbonyl (C=O) groups excluding carboxylic acids is 1. The van der Waals surface area contributed by atoms with E-state index >= 15 is 0 Å². The van der Waals surface area contributed by atoms with Crippen LogP contribution in [-0.4, -0.2) is 22.9 Å². The number of rotatable bonds is 2. The Labute approximate surface area is 81.1 Å². The van der Waals surface area contributed by atoms with Crippen molar-refractivity contribution >= 4 is 30.0 Å². The summed E-state index contributed by atoms with van der Waals surface area (Å²) < 4.78 is 0. The zero-order chi connectivity index (χ0) is 10.0. The highest BCUT2D eigenvalue weighted by Crippen LogP contribution is 2.08. The molecule has 0 atom stereocenters.